The number of benzene rings is 1. The molecule has 0 spiro atoms. The fourth-order valence-corrected chi connectivity index (χ4v) is 2.92. The van der Waals surface area contributed by atoms with Gasteiger partial charge in [0.25, 0.3) is 0 Å². The lowest BCUT2D eigenvalue weighted by Crippen LogP contribution is -2.49. The summed E-state index contributed by atoms with van der Waals surface area (Å²) >= 11 is 0. The summed E-state index contributed by atoms with van der Waals surface area (Å²) in [5.41, 5.74) is 1.96. The highest BCUT2D eigenvalue weighted by atomic mass is 16.2. The molecular weight excluding hydrogens is 290 g/mol. The molecule has 2 amide bonds. The smallest absolute Gasteiger partial charge is 0.318 e. The van der Waals surface area contributed by atoms with Gasteiger partial charge in [-0.05, 0) is 24.1 Å². The molecule has 1 aliphatic rings. The van der Waals surface area contributed by atoms with Crippen LogP contribution in [0, 0.1) is 0 Å². The van der Waals surface area contributed by atoms with Gasteiger partial charge >= 0.3 is 6.03 Å². The molecule has 1 N–H and O–H groups in total. The zero-order chi connectivity index (χ0) is 15.6. The van der Waals surface area contributed by atoms with E-state index in [1.165, 1.54) is 5.56 Å². The number of fused-ring (bicyclic) bond motifs is 1. The second kappa shape index (κ2) is 5.72. The minimum absolute atomic E-state index is 0.0576. The molecule has 1 aromatic carbocycles. The molecule has 1 atom stereocenters. The highest BCUT2D eigenvalue weighted by Gasteiger charge is 2.33. The first-order valence-electron chi connectivity index (χ1n) is 7.71. The van der Waals surface area contributed by atoms with Gasteiger partial charge in [-0.15, -0.1) is 10.2 Å². The third-order valence-corrected chi connectivity index (χ3v) is 4.25. The molecule has 0 unspecified atom stereocenters. The first-order valence-corrected chi connectivity index (χ1v) is 7.71. The predicted octanol–water partition coefficient (Wildman–Crippen LogP) is 2.39. The number of hydrogen-bond donors (Lipinski definition) is 1. The predicted molar refractivity (Wildman–Crippen MR) is 85.7 cm³/mol. The van der Waals surface area contributed by atoms with E-state index in [0.29, 0.717) is 6.54 Å². The highest BCUT2D eigenvalue weighted by molar-refractivity contribution is 5.75. The Labute approximate surface area is 133 Å². The van der Waals surface area contributed by atoms with E-state index < -0.39 is 0 Å². The van der Waals surface area contributed by atoms with Gasteiger partial charge in [0.1, 0.15) is 0 Å². The molecule has 116 valence electrons. The van der Waals surface area contributed by atoms with Crippen molar-refractivity contribution in [1.29, 1.82) is 0 Å². The average Bonchev–Trinajstić information content (AvgIpc) is 2.96. The fourth-order valence-electron chi connectivity index (χ4n) is 2.92. The van der Waals surface area contributed by atoms with Crippen molar-refractivity contribution < 1.29 is 4.79 Å². The van der Waals surface area contributed by atoms with E-state index >= 15 is 0 Å². The Morgan fingerprint density at radius 3 is 2.74 bits per heavy atom. The Morgan fingerprint density at radius 1 is 1.13 bits per heavy atom. The molecule has 0 bridgehead atoms. The molecular formula is C17H17N5O. The highest BCUT2D eigenvalue weighted by Crippen LogP contribution is 2.32. The molecule has 3 heterocycles. The summed E-state index contributed by atoms with van der Waals surface area (Å²) in [6.07, 6.45) is 2.90. The van der Waals surface area contributed by atoms with Crippen molar-refractivity contribution in [2.45, 2.75) is 19.0 Å². The molecule has 1 fully saturated rings. The maximum atomic E-state index is 12.4. The van der Waals surface area contributed by atoms with Crippen LogP contribution in [0.4, 0.5) is 4.79 Å². The summed E-state index contributed by atoms with van der Waals surface area (Å²) in [5, 5.41) is 11.2. The molecule has 2 aromatic heterocycles. The molecule has 1 aliphatic heterocycles. The Bertz CT molecular complexity index is 829. The molecule has 23 heavy (non-hydrogen) atoms. The zero-order valence-electron chi connectivity index (χ0n) is 12.6. The van der Waals surface area contributed by atoms with Crippen molar-refractivity contribution in [2.75, 3.05) is 6.54 Å². The molecule has 1 saturated heterocycles. The molecule has 0 radical (unpaired) electrons. The number of pyridine rings is 1. The minimum atomic E-state index is -0.0576. The van der Waals surface area contributed by atoms with Crippen molar-refractivity contribution in [3.8, 4) is 0 Å². The van der Waals surface area contributed by atoms with E-state index in [9.17, 15) is 4.79 Å². The minimum Gasteiger partial charge on any atom is -0.331 e. The van der Waals surface area contributed by atoms with Crippen LogP contribution < -0.4 is 5.32 Å². The van der Waals surface area contributed by atoms with Gasteiger partial charge in [-0.1, -0.05) is 36.4 Å². The molecule has 4 rings (SSSR count). The topological polar surface area (TPSA) is 62.5 Å². The molecule has 0 aliphatic carbocycles. The summed E-state index contributed by atoms with van der Waals surface area (Å²) in [4.78, 5) is 14.3. The van der Waals surface area contributed by atoms with Crippen LogP contribution in [0.3, 0.4) is 0 Å². The summed E-state index contributed by atoms with van der Waals surface area (Å²) in [6.45, 7) is 1.15. The lowest BCUT2D eigenvalue weighted by atomic mass is 9.95. The maximum Gasteiger partial charge on any atom is 0.318 e. The zero-order valence-corrected chi connectivity index (χ0v) is 12.6. The molecule has 6 nitrogen and oxygen atoms in total. The summed E-state index contributed by atoms with van der Waals surface area (Å²) in [7, 11) is 0. The lowest BCUT2D eigenvalue weighted by Gasteiger charge is -2.41. The van der Waals surface area contributed by atoms with Gasteiger partial charge in [-0.3, -0.25) is 4.40 Å². The number of likely N-dealkylation sites (tertiary alicyclic amines) is 1. The molecule has 0 saturated carbocycles. The van der Waals surface area contributed by atoms with Crippen LogP contribution in [-0.2, 0) is 6.54 Å². The van der Waals surface area contributed by atoms with Crippen LogP contribution in [-0.4, -0.2) is 32.1 Å². The number of carbonyl (C=O) groups is 1. The quantitative estimate of drug-likeness (QED) is 0.808. The lowest BCUT2D eigenvalue weighted by molar-refractivity contribution is 0.115. The Kier molecular flexibility index (Phi) is 3.42. The number of hydrogen-bond acceptors (Lipinski definition) is 3. The fraction of sp³-hybridized carbons (Fsp3) is 0.235. The number of rotatable bonds is 3. The van der Waals surface area contributed by atoms with Crippen LogP contribution in [0.15, 0.2) is 54.7 Å². The van der Waals surface area contributed by atoms with Gasteiger partial charge < -0.3 is 10.2 Å². The third-order valence-electron chi connectivity index (χ3n) is 4.25. The van der Waals surface area contributed by atoms with Crippen LogP contribution in [0.2, 0.25) is 0 Å². The van der Waals surface area contributed by atoms with E-state index in [1.54, 1.807) is 0 Å². The molecule has 6 heteroatoms. The standard InChI is InChI=1S/C17H17N5O/c23-17(21-11-9-14(21)13-6-2-1-3-7-13)18-12-16-20-19-15-8-4-5-10-22(15)16/h1-8,10,14H,9,11-12H2,(H,18,23)/t14-/m1/s1. The Hall–Kier alpha value is -2.89. The van der Waals surface area contributed by atoms with Gasteiger partial charge in [0.05, 0.1) is 12.6 Å². The van der Waals surface area contributed by atoms with Crippen LogP contribution in [0.5, 0.6) is 0 Å². The largest absolute Gasteiger partial charge is 0.331 e. The van der Waals surface area contributed by atoms with Crippen LogP contribution >= 0.6 is 0 Å². The van der Waals surface area contributed by atoms with Gasteiger partial charge in [0, 0.05) is 12.7 Å². The van der Waals surface area contributed by atoms with Crippen molar-refractivity contribution >= 4 is 11.7 Å². The normalized spacial score (nSPS) is 17.0. The number of amides is 2. The van der Waals surface area contributed by atoms with Gasteiger partial charge in [-0.2, -0.15) is 0 Å². The van der Waals surface area contributed by atoms with Crippen molar-refractivity contribution in [3.05, 3.63) is 66.1 Å². The SMILES string of the molecule is O=C(NCc1nnc2ccccn12)N1CC[C@@H]1c1ccccc1. The number of nitrogens with one attached hydrogen (secondary N) is 1. The van der Waals surface area contributed by atoms with Crippen molar-refractivity contribution in [3.63, 3.8) is 0 Å². The summed E-state index contributed by atoms with van der Waals surface area (Å²) < 4.78 is 1.88. The summed E-state index contributed by atoms with van der Waals surface area (Å²) in [5.74, 6) is 0.728. The van der Waals surface area contributed by atoms with Gasteiger partial charge in [0.2, 0.25) is 0 Å². The number of nitrogens with zero attached hydrogens (tertiary/aromatic N) is 4. The van der Waals surface area contributed by atoms with Gasteiger partial charge in [0.15, 0.2) is 11.5 Å². The van der Waals surface area contributed by atoms with Crippen LogP contribution in [0.1, 0.15) is 23.9 Å². The van der Waals surface area contributed by atoms with E-state index in [4.69, 9.17) is 0 Å². The number of carbonyl (C=O) groups excluding carboxylic acids is 1. The Balaban J connectivity index is 1.42. The van der Waals surface area contributed by atoms with E-state index in [2.05, 4.69) is 27.6 Å². The summed E-state index contributed by atoms with van der Waals surface area (Å²) in [6, 6.07) is 16.0. The monoisotopic (exact) mass is 307 g/mol. The third kappa shape index (κ3) is 2.52. The van der Waals surface area contributed by atoms with E-state index in [-0.39, 0.29) is 12.1 Å². The van der Waals surface area contributed by atoms with Gasteiger partial charge in [-0.25, -0.2) is 4.79 Å². The number of urea groups is 1. The first-order chi connectivity index (χ1) is 11.3. The first kappa shape index (κ1) is 13.8. The van der Waals surface area contributed by atoms with E-state index in [1.807, 2.05) is 51.9 Å². The van der Waals surface area contributed by atoms with E-state index in [0.717, 1.165) is 24.4 Å². The van der Waals surface area contributed by atoms with Crippen LogP contribution in [0.25, 0.3) is 5.65 Å². The van der Waals surface area contributed by atoms with Crippen molar-refractivity contribution in [2.24, 2.45) is 0 Å². The second-order valence-corrected chi connectivity index (χ2v) is 5.61. The molecule has 3 aromatic rings. The second-order valence-electron chi connectivity index (χ2n) is 5.61. The van der Waals surface area contributed by atoms with Crippen molar-refractivity contribution in [1.82, 2.24) is 24.8 Å². The number of aromatic nitrogens is 3. The maximum absolute atomic E-state index is 12.4. The Morgan fingerprint density at radius 2 is 1.96 bits per heavy atom. The average molecular weight is 307 g/mol.